The van der Waals surface area contributed by atoms with Gasteiger partial charge in [0.2, 0.25) is 0 Å². The third kappa shape index (κ3) is 5.13. The van der Waals surface area contributed by atoms with Crippen LogP contribution in [0.25, 0.3) is 0 Å². The van der Waals surface area contributed by atoms with Crippen LogP contribution < -0.4 is 4.74 Å². The molecule has 0 spiro atoms. The molecule has 0 N–H and O–H groups in total. The number of rotatable bonds is 5. The Morgan fingerprint density at radius 1 is 1.00 bits per heavy atom. The highest BCUT2D eigenvalue weighted by atomic mass is 28.4. The van der Waals surface area contributed by atoms with Gasteiger partial charge in [0, 0.05) is 0 Å². The highest BCUT2D eigenvalue weighted by molar-refractivity contribution is 6.74. The van der Waals surface area contributed by atoms with E-state index in [2.05, 4.69) is 67.6 Å². The molecular weight excluding hydrogens is 288 g/mol. The quantitative estimate of drug-likeness (QED) is 0.637. The number of benzene rings is 1. The van der Waals surface area contributed by atoms with E-state index in [0.717, 1.165) is 5.75 Å². The molecule has 0 aliphatic heterocycles. The van der Waals surface area contributed by atoms with Crippen molar-refractivity contribution in [1.29, 1.82) is 0 Å². The zero-order chi connectivity index (χ0) is 17.2. The van der Waals surface area contributed by atoms with Crippen LogP contribution >= 0.6 is 0 Å². The summed E-state index contributed by atoms with van der Waals surface area (Å²) in [5.41, 5.74) is 1.22. The maximum absolute atomic E-state index is 6.64. The van der Waals surface area contributed by atoms with Crippen molar-refractivity contribution in [2.45, 2.75) is 72.7 Å². The van der Waals surface area contributed by atoms with Gasteiger partial charge in [0.1, 0.15) is 12.4 Å². The maximum Gasteiger partial charge on any atom is 0.192 e. The highest BCUT2D eigenvalue weighted by Crippen LogP contribution is 2.39. The zero-order valence-corrected chi connectivity index (χ0v) is 16.9. The number of para-hydroxylation sites is 1. The lowest BCUT2D eigenvalue weighted by Crippen LogP contribution is -2.49. The second-order valence-electron chi connectivity index (χ2n) is 8.81. The summed E-state index contributed by atoms with van der Waals surface area (Å²) in [5, 5.41) is 0.208. The van der Waals surface area contributed by atoms with Gasteiger partial charge in [-0.05, 0) is 42.1 Å². The summed E-state index contributed by atoms with van der Waals surface area (Å²) in [6.45, 7) is 20.8. The van der Waals surface area contributed by atoms with Gasteiger partial charge in [-0.15, -0.1) is 0 Å². The van der Waals surface area contributed by atoms with Crippen molar-refractivity contribution in [1.82, 2.24) is 0 Å². The van der Waals surface area contributed by atoms with E-state index in [1.807, 2.05) is 18.2 Å². The Morgan fingerprint density at radius 2 is 1.55 bits per heavy atom. The number of ether oxygens (including phenoxy) is 1. The van der Waals surface area contributed by atoms with Gasteiger partial charge in [0.15, 0.2) is 8.32 Å². The van der Waals surface area contributed by atoms with Gasteiger partial charge in [-0.25, -0.2) is 0 Å². The van der Waals surface area contributed by atoms with Crippen molar-refractivity contribution in [3.05, 3.63) is 29.8 Å². The molecule has 1 atom stereocenters. The van der Waals surface area contributed by atoms with Crippen molar-refractivity contribution >= 4 is 8.32 Å². The van der Waals surface area contributed by atoms with E-state index in [1.54, 1.807) is 0 Å². The molecule has 0 aliphatic carbocycles. The highest BCUT2D eigenvalue weighted by Gasteiger charge is 2.41. The summed E-state index contributed by atoms with van der Waals surface area (Å²) >= 11 is 0. The van der Waals surface area contributed by atoms with E-state index < -0.39 is 8.32 Å². The van der Waals surface area contributed by atoms with Gasteiger partial charge < -0.3 is 9.16 Å². The Balaban J connectivity index is 2.85. The Morgan fingerprint density at radius 3 is 2.00 bits per heavy atom. The Kier molecular flexibility index (Phi) is 5.91. The Labute approximate surface area is 138 Å². The minimum atomic E-state index is -1.81. The smallest absolute Gasteiger partial charge is 0.192 e. The lowest BCUT2D eigenvalue weighted by atomic mass is 9.90. The van der Waals surface area contributed by atoms with Crippen molar-refractivity contribution in [3.8, 4) is 5.75 Å². The molecule has 1 rings (SSSR count). The zero-order valence-electron chi connectivity index (χ0n) is 15.9. The third-order valence-electron chi connectivity index (χ3n) is 4.69. The maximum atomic E-state index is 6.64. The fraction of sp³-hybridized carbons (Fsp3) is 0.684. The molecule has 3 heteroatoms. The van der Waals surface area contributed by atoms with E-state index in [-0.39, 0.29) is 16.6 Å². The molecule has 0 radical (unpaired) electrons. The van der Waals surface area contributed by atoms with Gasteiger partial charge in [0.25, 0.3) is 0 Å². The van der Waals surface area contributed by atoms with Crippen molar-refractivity contribution in [3.63, 3.8) is 0 Å². The lowest BCUT2D eigenvalue weighted by molar-refractivity contribution is 0.0310. The fourth-order valence-corrected chi connectivity index (χ4v) is 3.36. The number of aryl methyl sites for hydroxylation is 1. The SMILES string of the molecule is Cc1ccccc1OCC(O[Si](C)(C)C(C)(C)C)C(C)(C)C. The van der Waals surface area contributed by atoms with E-state index in [0.29, 0.717) is 6.61 Å². The fourth-order valence-electron chi connectivity index (χ4n) is 1.88. The van der Waals surface area contributed by atoms with Crippen LogP contribution in [0.1, 0.15) is 47.1 Å². The molecule has 0 aliphatic rings. The summed E-state index contributed by atoms with van der Waals surface area (Å²) in [7, 11) is -1.81. The molecule has 0 saturated heterocycles. The first-order valence-corrected chi connectivity index (χ1v) is 11.1. The van der Waals surface area contributed by atoms with E-state index >= 15 is 0 Å². The molecule has 0 saturated carbocycles. The van der Waals surface area contributed by atoms with Crippen LogP contribution in [0.15, 0.2) is 24.3 Å². The molecular formula is C19H34O2Si. The van der Waals surface area contributed by atoms with E-state index in [9.17, 15) is 0 Å². The van der Waals surface area contributed by atoms with E-state index in [4.69, 9.17) is 9.16 Å². The largest absolute Gasteiger partial charge is 0.491 e. The molecule has 126 valence electrons. The van der Waals surface area contributed by atoms with Crippen LogP contribution in [-0.4, -0.2) is 21.0 Å². The van der Waals surface area contributed by atoms with Crippen molar-refractivity contribution in [2.75, 3.05) is 6.61 Å². The van der Waals surface area contributed by atoms with Crippen LogP contribution in [-0.2, 0) is 4.43 Å². The number of hydrogen-bond donors (Lipinski definition) is 0. The van der Waals surface area contributed by atoms with Gasteiger partial charge in [-0.3, -0.25) is 0 Å². The average Bonchev–Trinajstić information content (AvgIpc) is 2.33. The lowest BCUT2D eigenvalue weighted by Gasteiger charge is -2.43. The van der Waals surface area contributed by atoms with Gasteiger partial charge in [0.05, 0.1) is 6.10 Å². The second kappa shape index (κ2) is 6.75. The normalized spacial score (nSPS) is 14.8. The summed E-state index contributed by atoms with van der Waals surface area (Å²) in [6.07, 6.45) is 0.0907. The average molecular weight is 323 g/mol. The van der Waals surface area contributed by atoms with Gasteiger partial charge >= 0.3 is 0 Å². The van der Waals surface area contributed by atoms with Crippen LogP contribution in [0.4, 0.5) is 0 Å². The molecule has 0 bridgehead atoms. The molecule has 1 aromatic carbocycles. The first-order valence-electron chi connectivity index (χ1n) is 8.21. The first-order chi connectivity index (χ1) is 9.84. The molecule has 0 heterocycles. The number of hydrogen-bond acceptors (Lipinski definition) is 2. The molecule has 1 aromatic rings. The molecule has 1 unspecified atom stereocenters. The predicted molar refractivity (Wildman–Crippen MR) is 98.2 cm³/mol. The monoisotopic (exact) mass is 322 g/mol. The molecule has 2 nitrogen and oxygen atoms in total. The summed E-state index contributed by atoms with van der Waals surface area (Å²) in [5.74, 6) is 0.954. The van der Waals surface area contributed by atoms with Crippen LogP contribution in [0.5, 0.6) is 5.75 Å². The summed E-state index contributed by atoms with van der Waals surface area (Å²) in [6, 6.07) is 8.16. The van der Waals surface area contributed by atoms with Crippen LogP contribution in [0, 0.1) is 12.3 Å². The Hall–Kier alpha value is -0.803. The molecule has 0 fully saturated rings. The first kappa shape index (κ1) is 19.2. The second-order valence-corrected chi connectivity index (χ2v) is 13.6. The van der Waals surface area contributed by atoms with Crippen LogP contribution in [0.3, 0.4) is 0 Å². The van der Waals surface area contributed by atoms with Crippen molar-refractivity contribution < 1.29 is 9.16 Å². The molecule has 0 aromatic heterocycles. The molecule has 0 amide bonds. The standard InChI is InChI=1S/C19H34O2Si/c1-15-12-10-11-13-16(15)20-14-17(18(2,3)4)21-22(8,9)19(5,6)7/h10-13,17H,14H2,1-9H3. The predicted octanol–water partition coefficient (Wildman–Crippen LogP) is 5.81. The molecule has 22 heavy (non-hydrogen) atoms. The van der Waals surface area contributed by atoms with Gasteiger partial charge in [-0.1, -0.05) is 59.7 Å². The van der Waals surface area contributed by atoms with E-state index in [1.165, 1.54) is 5.56 Å². The van der Waals surface area contributed by atoms with Crippen molar-refractivity contribution in [2.24, 2.45) is 5.41 Å². The summed E-state index contributed by atoms with van der Waals surface area (Å²) in [4.78, 5) is 0. The minimum Gasteiger partial charge on any atom is -0.491 e. The topological polar surface area (TPSA) is 18.5 Å². The summed E-state index contributed by atoms with van der Waals surface area (Å²) < 4.78 is 12.7. The Bertz CT molecular complexity index is 481. The third-order valence-corrected chi connectivity index (χ3v) is 9.18. The van der Waals surface area contributed by atoms with Crippen LogP contribution in [0.2, 0.25) is 18.1 Å². The minimum absolute atomic E-state index is 0.0538. The van der Waals surface area contributed by atoms with Gasteiger partial charge in [-0.2, -0.15) is 0 Å².